The van der Waals surface area contributed by atoms with Gasteiger partial charge in [0.25, 0.3) is 0 Å². The van der Waals surface area contributed by atoms with Gasteiger partial charge in [0.2, 0.25) is 0 Å². The SMILES string of the molecule is C=C(C)C(=O)OC(C)(C)C1CCC(CO)O1.C=C(C)C(=O)OC(C)(C)C1CCC(COC(C)=O)O1.C=C(C)C(=O)OC(C)(C)c1ccc(COC)o1.C=C(C)C(=O)OC1(C2CCC(COC)O2)CCCC1.C=C(C)C(=O)OC1(C2CCC(COC)O2)CCCCC1.C=C(C)C(=O)OC1(c2ccc(COC)o2)CCCC1.C=C(C)C(=O)OC1(c2ccc(COC)o2)CCCCC1.C=CC(=O)OC(C)(C)C1CCC(CO)O1. The Morgan fingerprint density at radius 3 is 0.972 bits per heavy atom. The molecule has 0 bridgehead atoms. The third-order valence-corrected chi connectivity index (χ3v) is 26.4. The van der Waals surface area contributed by atoms with Crippen molar-refractivity contribution in [2.75, 3.05) is 68.6 Å². The average molecular weight is 2040 g/mol. The molecule has 0 amide bonds. The molecule has 2 N–H and O–H groups in total. The van der Waals surface area contributed by atoms with E-state index >= 15 is 0 Å². The Kier molecular flexibility index (Phi) is 52.3. The van der Waals surface area contributed by atoms with Crippen LogP contribution in [0.4, 0.5) is 0 Å². The van der Waals surface area contributed by atoms with Crippen molar-refractivity contribution in [3.8, 4) is 0 Å². The number of carbonyl (C=O) groups is 9. The maximum atomic E-state index is 12.0. The lowest BCUT2D eigenvalue weighted by Gasteiger charge is -2.41. The molecule has 10 atom stereocenters. The van der Waals surface area contributed by atoms with Gasteiger partial charge in [-0.25, -0.2) is 38.4 Å². The standard InChI is InChI=1S/C16H26O4.C16H22O4.C15H24O4.C15H20O4.C14H22O5.C13H18O4.C12H20O4.C11H18O4/c2*1-12(2)15(17)20-16(9-5-4-6-10-16)14-8-7-13(19-14)11-18-3;2*1-11(2)14(16)19-15(8-4-5-9-15)13-7-6-12(18-13)10-17-3;1-9(2)13(16)19-14(4,5)12-7-6-11(18-12)8-17-10(3)15;1-9(2)12(14)17-13(3,4)11-7-6-10(16-11)8-15-5;1-8(2)11(14)16-12(3,4)10-6-5-9(7-13)15-10;1-4-10(13)15-11(2,3)9-6-5-8(7-12)14-9/h13-14H,1,4-11H2,2-3H3;7-8H,1,4-6,9-11H2,2-3H3;12-13H,1,4-10H2,2-3H3;6-7H,1,4-5,8-10H2,2-3H3;11-12H,1,6-8H2,2-5H3;6-7H,1,8H2,2-5H3;9-10,13H,1,5-7H2,2-4H3;4,8-9,12H,1,5-7H2,2-3H3. The molecule has 12 rings (SSSR count). The second-order valence-corrected chi connectivity index (χ2v) is 41.1. The van der Waals surface area contributed by atoms with Crippen LogP contribution in [0.5, 0.6) is 0 Å². The highest BCUT2D eigenvalue weighted by atomic mass is 16.6. The molecule has 5 saturated heterocycles. The first kappa shape index (κ1) is 126. The molecular weight excluding hydrogens is 1870 g/mol. The third kappa shape index (κ3) is 40.2. The van der Waals surface area contributed by atoms with Crippen molar-refractivity contribution in [2.24, 2.45) is 0 Å². The zero-order valence-corrected chi connectivity index (χ0v) is 90.5. The Labute approximate surface area is 859 Å². The fraction of sp³-hybridized carbons (Fsp3) is 0.670. The van der Waals surface area contributed by atoms with Crippen molar-refractivity contribution in [3.05, 3.63) is 169 Å². The van der Waals surface area contributed by atoms with Crippen LogP contribution in [-0.2, 0) is 170 Å². The summed E-state index contributed by atoms with van der Waals surface area (Å²) in [5.41, 5.74) is -2.18. The van der Waals surface area contributed by atoms with Gasteiger partial charge in [-0.3, -0.25) is 4.79 Å². The van der Waals surface area contributed by atoms with Crippen LogP contribution in [0.15, 0.2) is 147 Å². The van der Waals surface area contributed by atoms with Crippen LogP contribution in [0.1, 0.15) is 325 Å². The first-order valence-corrected chi connectivity index (χ1v) is 50.7. The summed E-state index contributed by atoms with van der Waals surface area (Å²) in [6.45, 7) is 58.7. The predicted molar refractivity (Wildman–Crippen MR) is 542 cm³/mol. The second kappa shape index (κ2) is 60.2. The van der Waals surface area contributed by atoms with Crippen LogP contribution < -0.4 is 0 Å². The maximum absolute atomic E-state index is 12.0. The minimum atomic E-state index is -0.817. The Hall–Kier alpha value is -9.49. The van der Waals surface area contributed by atoms with Gasteiger partial charge in [-0.15, -0.1) is 0 Å². The van der Waals surface area contributed by atoms with Gasteiger partial charge in [-0.05, 0) is 307 Å². The van der Waals surface area contributed by atoms with E-state index in [1.807, 2.05) is 52.0 Å². The van der Waals surface area contributed by atoms with Crippen molar-refractivity contribution >= 4 is 53.7 Å². The zero-order chi connectivity index (χ0) is 108. The molecule has 4 aliphatic carbocycles. The van der Waals surface area contributed by atoms with Gasteiger partial charge in [-0.2, -0.15) is 0 Å². The summed E-state index contributed by atoms with van der Waals surface area (Å²) in [5, 5.41) is 17.9. The number of rotatable bonds is 38. The fourth-order valence-electron chi connectivity index (χ4n) is 18.2. The highest BCUT2D eigenvalue weighted by Gasteiger charge is 2.52. The zero-order valence-electron chi connectivity index (χ0n) is 90.5. The van der Waals surface area contributed by atoms with Crippen LogP contribution >= 0.6 is 0 Å². The Balaban J connectivity index is 0.000000292. The van der Waals surface area contributed by atoms with Gasteiger partial charge in [-0.1, -0.05) is 65.5 Å². The Morgan fingerprint density at radius 2 is 0.641 bits per heavy atom. The van der Waals surface area contributed by atoms with E-state index in [0.29, 0.717) is 89.3 Å². The molecule has 33 heteroatoms. The Bertz CT molecular complexity index is 4690. The first-order chi connectivity index (χ1) is 68.2. The van der Waals surface area contributed by atoms with Gasteiger partial charge in [0.15, 0.2) is 16.8 Å². The largest absolute Gasteiger partial charge is 0.463 e. The minimum Gasteiger partial charge on any atom is -0.463 e. The molecule has 3 aromatic heterocycles. The van der Waals surface area contributed by atoms with Crippen molar-refractivity contribution in [1.82, 2.24) is 0 Å². The normalized spacial score (nSPS) is 22.4. The van der Waals surface area contributed by atoms with E-state index < -0.39 is 68.7 Å². The van der Waals surface area contributed by atoms with Crippen LogP contribution in [0.3, 0.4) is 0 Å². The molecule has 8 heterocycles. The molecule has 4 saturated carbocycles. The van der Waals surface area contributed by atoms with Crippen molar-refractivity contribution in [1.29, 1.82) is 0 Å². The maximum Gasteiger partial charge on any atom is 0.334 e. The molecule has 0 spiro atoms. The fourth-order valence-corrected chi connectivity index (χ4v) is 18.2. The second-order valence-electron chi connectivity index (χ2n) is 41.1. The lowest BCUT2D eigenvalue weighted by atomic mass is 9.79. The number of aliphatic hydroxyl groups is 2. The quantitative estimate of drug-likeness (QED) is 0.0306. The number of esters is 9. The lowest BCUT2D eigenvalue weighted by Crippen LogP contribution is -2.48. The smallest absolute Gasteiger partial charge is 0.334 e. The van der Waals surface area contributed by atoms with Crippen molar-refractivity contribution < 1.29 is 157 Å². The van der Waals surface area contributed by atoms with E-state index in [4.69, 9.17) is 113 Å². The number of hydrogen-bond donors (Lipinski definition) is 2. The van der Waals surface area contributed by atoms with Crippen LogP contribution in [0.25, 0.3) is 0 Å². The molecule has 9 fully saturated rings. The van der Waals surface area contributed by atoms with Gasteiger partial charge < -0.3 is 113 Å². The molecule has 3 aromatic rings. The van der Waals surface area contributed by atoms with Gasteiger partial charge in [0.05, 0.1) is 87.5 Å². The summed E-state index contributed by atoms with van der Waals surface area (Å²) in [4.78, 5) is 104. The van der Waals surface area contributed by atoms with E-state index in [0.717, 1.165) is 197 Å². The molecule has 0 radical (unpaired) electrons. The van der Waals surface area contributed by atoms with Gasteiger partial charge in [0, 0.05) is 87.6 Å². The van der Waals surface area contributed by atoms with E-state index in [1.165, 1.54) is 13.3 Å². The molecule has 5 aliphatic heterocycles. The Morgan fingerprint density at radius 1 is 0.345 bits per heavy atom. The summed E-state index contributed by atoms with van der Waals surface area (Å²) >= 11 is 0. The average Bonchev–Trinajstić information content (AvgIpc) is 1.49. The molecule has 816 valence electrons. The molecule has 10 unspecified atom stereocenters. The number of ether oxygens (including phenoxy) is 19. The van der Waals surface area contributed by atoms with E-state index in [1.54, 1.807) is 124 Å². The highest BCUT2D eigenvalue weighted by molar-refractivity contribution is 5.90. The van der Waals surface area contributed by atoms with E-state index in [2.05, 4.69) is 52.6 Å². The number of furan rings is 3. The molecule has 145 heavy (non-hydrogen) atoms. The van der Waals surface area contributed by atoms with Gasteiger partial charge in [0.1, 0.15) is 89.0 Å². The summed E-state index contributed by atoms with van der Waals surface area (Å²) in [6, 6.07) is 11.1. The third-order valence-electron chi connectivity index (χ3n) is 26.4. The lowest BCUT2D eigenvalue weighted by molar-refractivity contribution is -0.182. The first-order valence-electron chi connectivity index (χ1n) is 50.7. The molecule has 0 aromatic carbocycles. The van der Waals surface area contributed by atoms with Crippen LogP contribution in [0, 0.1) is 0 Å². The number of aliphatic hydroxyl groups excluding tert-OH is 2. The highest BCUT2D eigenvalue weighted by Crippen LogP contribution is 2.48. The van der Waals surface area contributed by atoms with E-state index in [-0.39, 0.29) is 111 Å². The van der Waals surface area contributed by atoms with Crippen molar-refractivity contribution in [3.63, 3.8) is 0 Å². The molecule has 33 nitrogen and oxygen atoms in total. The van der Waals surface area contributed by atoms with Gasteiger partial charge >= 0.3 is 53.7 Å². The monoisotopic (exact) mass is 2040 g/mol. The predicted octanol–water partition coefficient (Wildman–Crippen LogP) is 19.9. The molecular formula is C112H170O33. The number of hydrogen-bond acceptors (Lipinski definition) is 33. The molecule has 9 aliphatic rings. The summed E-state index contributed by atoms with van der Waals surface area (Å²) in [7, 11) is 8.21. The van der Waals surface area contributed by atoms with Crippen LogP contribution in [-0.4, -0.2) is 222 Å². The number of methoxy groups -OCH3 is 5. The van der Waals surface area contributed by atoms with Crippen molar-refractivity contribution in [2.45, 2.75) is 416 Å². The summed E-state index contributed by atoms with van der Waals surface area (Å²) < 4.78 is 121. The minimum absolute atomic E-state index is 0.00579. The topological polar surface area (TPSA) is 409 Å². The summed E-state index contributed by atoms with van der Waals surface area (Å²) in [6.07, 6.45) is 26.8. The summed E-state index contributed by atoms with van der Waals surface area (Å²) in [5.74, 6) is 0.906. The number of carbonyl (C=O) groups excluding carboxylic acids is 9. The van der Waals surface area contributed by atoms with Crippen LogP contribution in [0.2, 0.25) is 0 Å². The van der Waals surface area contributed by atoms with E-state index in [9.17, 15) is 43.2 Å².